The molecule has 0 spiro atoms. The topological polar surface area (TPSA) is 9.23 Å². The highest BCUT2D eigenvalue weighted by Gasteiger charge is 2.41. The fraction of sp³-hybridized carbons (Fsp3) is 0.795. The molecule has 0 atom stereocenters. The van der Waals surface area contributed by atoms with Gasteiger partial charge in [-0.2, -0.15) is 0 Å². The Bertz CT molecular complexity index is 866. The van der Waals surface area contributed by atoms with Crippen LogP contribution in [0.15, 0.2) is 22.9 Å². The van der Waals surface area contributed by atoms with E-state index in [1.54, 1.807) is 0 Å². The molecule has 42 heavy (non-hydrogen) atoms. The van der Waals surface area contributed by atoms with Gasteiger partial charge in [-0.05, 0) is 48.6 Å². The van der Waals surface area contributed by atoms with E-state index in [-0.39, 0.29) is 5.60 Å². The van der Waals surface area contributed by atoms with Crippen molar-refractivity contribution >= 4 is 22.7 Å². The van der Waals surface area contributed by atoms with Gasteiger partial charge in [0.1, 0.15) is 11.4 Å². The first-order valence-corrected chi connectivity index (χ1v) is 20.4. The molecule has 0 amide bonds. The molecule has 0 aromatic carbocycles. The second-order valence-electron chi connectivity index (χ2n) is 13.4. The normalized spacial score (nSPS) is 13.7. The molecule has 2 aromatic heterocycles. The molecule has 0 saturated heterocycles. The van der Waals surface area contributed by atoms with Gasteiger partial charge in [-0.3, -0.25) is 0 Å². The average Bonchev–Trinajstić information content (AvgIpc) is 3.68. The molecule has 3 heteroatoms. The standard InChI is InChI=1S/C39H66OS2/c1-3-5-7-9-11-13-15-17-19-21-23-25-27-31-39(35-29-33-41-37(35)38-36(40-39)30-34-42-38)32-28-26-24-22-20-18-16-14-12-10-8-6-4-2/h29-30,33-34H,3-28,31-32H2,1-2H3. The monoisotopic (exact) mass is 614 g/mol. The van der Waals surface area contributed by atoms with Crippen molar-refractivity contribution in [1.82, 2.24) is 0 Å². The van der Waals surface area contributed by atoms with Gasteiger partial charge in [-0.15, -0.1) is 22.7 Å². The van der Waals surface area contributed by atoms with Gasteiger partial charge in [-0.25, -0.2) is 0 Å². The second kappa shape index (κ2) is 22.7. The van der Waals surface area contributed by atoms with Crippen molar-refractivity contribution in [1.29, 1.82) is 0 Å². The maximum absolute atomic E-state index is 6.98. The zero-order valence-electron chi connectivity index (χ0n) is 27.8. The minimum Gasteiger partial charge on any atom is -0.481 e. The summed E-state index contributed by atoms with van der Waals surface area (Å²) in [5, 5.41) is 4.53. The van der Waals surface area contributed by atoms with Crippen molar-refractivity contribution < 1.29 is 4.74 Å². The van der Waals surface area contributed by atoms with E-state index in [1.807, 2.05) is 22.7 Å². The van der Waals surface area contributed by atoms with Gasteiger partial charge in [0.05, 0.1) is 9.75 Å². The molecular weight excluding hydrogens is 549 g/mol. The molecule has 1 nitrogen and oxygen atoms in total. The number of hydrogen-bond donors (Lipinski definition) is 0. The summed E-state index contributed by atoms with van der Waals surface area (Å²) in [4.78, 5) is 2.86. The van der Waals surface area contributed by atoms with Crippen molar-refractivity contribution in [3.8, 4) is 15.5 Å². The van der Waals surface area contributed by atoms with E-state index < -0.39 is 0 Å². The molecule has 0 unspecified atom stereocenters. The summed E-state index contributed by atoms with van der Waals surface area (Å²) >= 11 is 3.78. The van der Waals surface area contributed by atoms with Crippen LogP contribution in [0.2, 0.25) is 0 Å². The summed E-state index contributed by atoms with van der Waals surface area (Å²) < 4.78 is 6.98. The minimum atomic E-state index is -0.0983. The largest absolute Gasteiger partial charge is 0.481 e. The summed E-state index contributed by atoms with van der Waals surface area (Å²) in [5.41, 5.74) is 1.40. The minimum absolute atomic E-state index is 0.0983. The first-order chi connectivity index (χ1) is 20.8. The smallest absolute Gasteiger partial charge is 0.140 e. The summed E-state index contributed by atoms with van der Waals surface area (Å²) in [6.45, 7) is 4.61. The second-order valence-corrected chi connectivity index (χ2v) is 15.2. The van der Waals surface area contributed by atoms with Gasteiger partial charge in [0.25, 0.3) is 0 Å². The van der Waals surface area contributed by atoms with Crippen LogP contribution in [0.5, 0.6) is 5.75 Å². The van der Waals surface area contributed by atoms with E-state index in [4.69, 9.17) is 4.74 Å². The number of thiophene rings is 2. The van der Waals surface area contributed by atoms with Crippen molar-refractivity contribution in [3.05, 3.63) is 28.5 Å². The van der Waals surface area contributed by atoms with Crippen LogP contribution in [-0.2, 0) is 5.60 Å². The molecule has 0 saturated carbocycles. The van der Waals surface area contributed by atoms with E-state index in [0.717, 1.165) is 5.75 Å². The van der Waals surface area contributed by atoms with E-state index in [0.29, 0.717) is 0 Å². The van der Waals surface area contributed by atoms with Crippen LogP contribution in [0.25, 0.3) is 9.75 Å². The van der Waals surface area contributed by atoms with Crippen LogP contribution in [0.1, 0.15) is 199 Å². The first kappa shape index (κ1) is 35.7. The van der Waals surface area contributed by atoms with E-state index in [2.05, 4.69) is 36.7 Å². The fourth-order valence-electron chi connectivity index (χ4n) is 7.01. The van der Waals surface area contributed by atoms with Crippen LogP contribution in [0, 0.1) is 0 Å². The number of unbranched alkanes of at least 4 members (excludes halogenated alkanes) is 24. The summed E-state index contributed by atoms with van der Waals surface area (Å²) in [5.74, 6) is 1.15. The van der Waals surface area contributed by atoms with Gasteiger partial charge in [0.2, 0.25) is 0 Å². The van der Waals surface area contributed by atoms with E-state index in [1.165, 1.54) is 195 Å². The third-order valence-corrected chi connectivity index (χ3v) is 11.6. The fourth-order valence-corrected chi connectivity index (χ4v) is 8.99. The van der Waals surface area contributed by atoms with Crippen molar-refractivity contribution in [2.45, 2.75) is 199 Å². The Morgan fingerprint density at radius 3 is 1.24 bits per heavy atom. The number of rotatable bonds is 28. The number of fused-ring (bicyclic) bond motifs is 3. The molecule has 3 rings (SSSR count). The molecule has 1 aliphatic rings. The molecule has 240 valence electrons. The highest BCUT2D eigenvalue weighted by Crippen LogP contribution is 2.53. The van der Waals surface area contributed by atoms with Gasteiger partial charge < -0.3 is 4.74 Å². The predicted molar refractivity (Wildman–Crippen MR) is 191 cm³/mol. The molecule has 0 radical (unpaired) electrons. The quantitative estimate of drug-likeness (QED) is 0.0866. The van der Waals surface area contributed by atoms with Crippen LogP contribution in [0.3, 0.4) is 0 Å². The molecule has 3 heterocycles. The number of ether oxygens (including phenoxy) is 1. The van der Waals surface area contributed by atoms with Crippen LogP contribution in [0.4, 0.5) is 0 Å². The third kappa shape index (κ3) is 13.1. The van der Waals surface area contributed by atoms with Crippen molar-refractivity contribution in [2.75, 3.05) is 0 Å². The highest BCUT2D eigenvalue weighted by atomic mass is 32.1. The zero-order chi connectivity index (χ0) is 29.6. The average molecular weight is 615 g/mol. The third-order valence-electron chi connectivity index (χ3n) is 9.67. The van der Waals surface area contributed by atoms with Gasteiger partial charge >= 0.3 is 0 Å². The van der Waals surface area contributed by atoms with Gasteiger partial charge in [0.15, 0.2) is 0 Å². The maximum atomic E-state index is 6.98. The summed E-state index contributed by atoms with van der Waals surface area (Å²) in [6, 6.07) is 4.62. The summed E-state index contributed by atoms with van der Waals surface area (Å²) in [7, 11) is 0. The molecule has 2 aromatic rings. The lowest BCUT2D eigenvalue weighted by Gasteiger charge is -2.38. The van der Waals surface area contributed by atoms with Gasteiger partial charge in [0, 0.05) is 5.56 Å². The zero-order valence-corrected chi connectivity index (χ0v) is 29.5. The maximum Gasteiger partial charge on any atom is 0.140 e. The Morgan fingerprint density at radius 1 is 0.452 bits per heavy atom. The van der Waals surface area contributed by atoms with E-state index in [9.17, 15) is 0 Å². The molecule has 0 bridgehead atoms. The molecule has 0 aliphatic carbocycles. The van der Waals surface area contributed by atoms with Crippen LogP contribution < -0.4 is 4.74 Å². The van der Waals surface area contributed by atoms with Crippen molar-refractivity contribution in [2.24, 2.45) is 0 Å². The Hall–Kier alpha value is -0.800. The molecule has 0 N–H and O–H groups in total. The molecule has 1 aliphatic heterocycles. The lowest BCUT2D eigenvalue weighted by atomic mass is 9.81. The number of hydrogen-bond acceptors (Lipinski definition) is 3. The van der Waals surface area contributed by atoms with E-state index >= 15 is 0 Å². The van der Waals surface area contributed by atoms with Crippen LogP contribution >= 0.6 is 22.7 Å². The molecule has 0 fully saturated rings. The lowest BCUT2D eigenvalue weighted by molar-refractivity contribution is 0.0397. The Morgan fingerprint density at radius 2 is 0.810 bits per heavy atom. The Labute approximate surface area is 269 Å². The Balaban J connectivity index is 1.32. The molecular formula is C39H66OS2. The highest BCUT2D eigenvalue weighted by molar-refractivity contribution is 7.20. The van der Waals surface area contributed by atoms with Gasteiger partial charge in [-0.1, -0.05) is 168 Å². The van der Waals surface area contributed by atoms with Crippen LogP contribution in [-0.4, -0.2) is 0 Å². The first-order valence-electron chi connectivity index (χ1n) is 18.7. The SMILES string of the molecule is CCCCCCCCCCCCCCCC1(CCCCCCCCCCCCCCC)Oc2ccsc2-c2sccc21. The van der Waals surface area contributed by atoms with Crippen molar-refractivity contribution in [3.63, 3.8) is 0 Å². The Kier molecular flexibility index (Phi) is 19.3. The summed E-state index contributed by atoms with van der Waals surface area (Å²) in [6.07, 6.45) is 39.1. The predicted octanol–water partition coefficient (Wildman–Crippen LogP) is 15.0. The lowest BCUT2D eigenvalue weighted by Crippen LogP contribution is -2.35.